The van der Waals surface area contributed by atoms with Crippen LogP contribution in [-0.2, 0) is 33.2 Å². The van der Waals surface area contributed by atoms with E-state index in [4.69, 9.17) is 28.4 Å². The van der Waals surface area contributed by atoms with E-state index in [1.807, 2.05) is 6.08 Å². The Kier molecular flexibility index (Phi) is 51.2. The van der Waals surface area contributed by atoms with Crippen LogP contribution in [0.1, 0.15) is 296 Å². The minimum absolute atomic E-state index is 0.239. The predicted octanol–water partition coefficient (Wildman–Crippen LogP) is 11.2. The smallest absolute Gasteiger partial charge is 0.220 e. The molecule has 3 saturated heterocycles. The summed E-state index contributed by atoms with van der Waals surface area (Å²) in [5, 5.41) is 121. The summed E-state index contributed by atoms with van der Waals surface area (Å²) >= 11 is 0. The molecule has 3 heterocycles. The van der Waals surface area contributed by atoms with Gasteiger partial charge in [0.15, 0.2) is 18.9 Å². The first-order valence-corrected chi connectivity index (χ1v) is 37.7. The van der Waals surface area contributed by atoms with E-state index < -0.39 is 124 Å². The molecule has 17 unspecified atom stereocenters. The topological polar surface area (TPSA) is 307 Å². The number of nitrogens with one attached hydrogen (secondary N) is 1. The molecule has 3 fully saturated rings. The number of allylic oxidation sites excluding steroid dienone is 5. The van der Waals surface area contributed by atoms with Crippen LogP contribution < -0.4 is 5.32 Å². The Labute approximate surface area is 561 Å². The van der Waals surface area contributed by atoms with Gasteiger partial charge >= 0.3 is 0 Å². The van der Waals surface area contributed by atoms with Crippen molar-refractivity contribution in [1.82, 2.24) is 5.32 Å². The maximum absolute atomic E-state index is 13.4. The Hall–Kier alpha value is -1.99. The van der Waals surface area contributed by atoms with Crippen molar-refractivity contribution >= 4 is 5.91 Å². The van der Waals surface area contributed by atoms with E-state index in [0.29, 0.717) is 12.8 Å². The van der Waals surface area contributed by atoms with E-state index >= 15 is 0 Å². The summed E-state index contributed by atoms with van der Waals surface area (Å²) in [6.45, 7) is 1.73. The van der Waals surface area contributed by atoms with E-state index in [-0.39, 0.29) is 18.9 Å². The number of hydrogen-bond acceptors (Lipinski definition) is 18. The van der Waals surface area contributed by atoms with E-state index in [9.17, 15) is 61.0 Å². The van der Waals surface area contributed by atoms with Gasteiger partial charge in [0.05, 0.1) is 38.6 Å². The Morgan fingerprint density at radius 2 is 0.688 bits per heavy atom. The third kappa shape index (κ3) is 37.1. The van der Waals surface area contributed by atoms with Crippen molar-refractivity contribution in [3.05, 3.63) is 36.5 Å². The zero-order chi connectivity index (χ0) is 67.5. The van der Waals surface area contributed by atoms with E-state index in [2.05, 4.69) is 43.5 Å². The quantitative estimate of drug-likeness (QED) is 0.0199. The molecule has 0 aromatic rings. The lowest BCUT2D eigenvalue weighted by Gasteiger charge is -2.48. The molecule has 3 aliphatic heterocycles. The average molecular weight is 1330 g/mol. The zero-order valence-electron chi connectivity index (χ0n) is 58.0. The second-order valence-corrected chi connectivity index (χ2v) is 27.1. The molecule has 1 amide bonds. The Morgan fingerprint density at radius 1 is 0.376 bits per heavy atom. The summed E-state index contributed by atoms with van der Waals surface area (Å²) in [6.07, 6.45) is 40.1. The van der Waals surface area contributed by atoms with Gasteiger partial charge in [0, 0.05) is 6.42 Å². The van der Waals surface area contributed by atoms with E-state index in [1.165, 1.54) is 225 Å². The monoisotopic (exact) mass is 1330 g/mol. The summed E-state index contributed by atoms with van der Waals surface area (Å²) < 4.78 is 34.3. The minimum Gasteiger partial charge on any atom is -0.394 e. The maximum atomic E-state index is 13.4. The number of carbonyl (C=O) groups is 1. The predicted molar refractivity (Wildman–Crippen MR) is 365 cm³/mol. The van der Waals surface area contributed by atoms with Crippen molar-refractivity contribution < 1.29 is 89.4 Å². The fourth-order valence-corrected chi connectivity index (χ4v) is 12.8. The van der Waals surface area contributed by atoms with Crippen molar-refractivity contribution in [3.63, 3.8) is 0 Å². The molecule has 19 heteroatoms. The normalized spacial score (nSPS) is 27.7. The summed E-state index contributed by atoms with van der Waals surface area (Å²) in [5.41, 5.74) is 0. The zero-order valence-corrected chi connectivity index (χ0v) is 58.0. The number of hydrogen-bond donors (Lipinski definition) is 12. The summed E-state index contributed by atoms with van der Waals surface area (Å²) in [7, 11) is 0. The molecule has 0 bridgehead atoms. The van der Waals surface area contributed by atoms with Crippen molar-refractivity contribution in [2.24, 2.45) is 0 Å². The third-order valence-electron chi connectivity index (χ3n) is 18.9. The van der Waals surface area contributed by atoms with Crippen molar-refractivity contribution in [2.45, 2.75) is 401 Å². The molecular formula is C74H137NO18. The highest BCUT2D eigenvalue weighted by Crippen LogP contribution is 2.33. The van der Waals surface area contributed by atoms with Gasteiger partial charge in [0.25, 0.3) is 0 Å². The van der Waals surface area contributed by atoms with Crippen molar-refractivity contribution in [1.29, 1.82) is 0 Å². The molecular weight excluding hydrogens is 1190 g/mol. The molecule has 0 aromatic carbocycles. The summed E-state index contributed by atoms with van der Waals surface area (Å²) in [4.78, 5) is 13.4. The molecule has 0 aromatic heterocycles. The molecule has 12 N–H and O–H groups in total. The van der Waals surface area contributed by atoms with Gasteiger partial charge < -0.3 is 89.9 Å². The molecule has 546 valence electrons. The van der Waals surface area contributed by atoms with Gasteiger partial charge in [-0.1, -0.05) is 269 Å². The molecule has 3 rings (SSSR count). The Balaban J connectivity index is 1.35. The van der Waals surface area contributed by atoms with Gasteiger partial charge in [0.2, 0.25) is 5.91 Å². The van der Waals surface area contributed by atoms with Gasteiger partial charge in [-0.05, 0) is 57.8 Å². The van der Waals surface area contributed by atoms with Gasteiger partial charge in [0.1, 0.15) is 73.2 Å². The highest BCUT2D eigenvalue weighted by molar-refractivity contribution is 5.76. The van der Waals surface area contributed by atoms with Gasteiger partial charge in [-0.25, -0.2) is 0 Å². The van der Waals surface area contributed by atoms with Crippen LogP contribution in [-0.4, -0.2) is 193 Å². The SMILES string of the molecule is CCCCCCCCCC/C=C\CCCCCCCCCCCCCCCCCCCCCCCC(=O)NC(COC1OC(CO)C(OC2OC(CO)C(OC3OC(CO)C(O)C(O)C3O)C(O)C2O)C(O)C1O)C(O)/C=C/CC/C=C/CCCCCCCCCCC. The minimum atomic E-state index is -1.98. The fourth-order valence-electron chi connectivity index (χ4n) is 12.8. The van der Waals surface area contributed by atoms with Crippen LogP contribution in [0.4, 0.5) is 0 Å². The maximum Gasteiger partial charge on any atom is 0.220 e. The molecule has 17 atom stereocenters. The number of aliphatic hydroxyl groups excluding tert-OH is 11. The number of unbranched alkanes of at least 4 members (excludes halogenated alkanes) is 39. The van der Waals surface area contributed by atoms with Gasteiger partial charge in [-0.2, -0.15) is 0 Å². The van der Waals surface area contributed by atoms with Crippen LogP contribution in [0, 0.1) is 0 Å². The van der Waals surface area contributed by atoms with Crippen LogP contribution in [0.2, 0.25) is 0 Å². The lowest BCUT2D eigenvalue weighted by Crippen LogP contribution is -2.66. The first-order valence-electron chi connectivity index (χ1n) is 37.7. The van der Waals surface area contributed by atoms with Crippen molar-refractivity contribution in [2.75, 3.05) is 26.4 Å². The summed E-state index contributed by atoms with van der Waals surface area (Å²) in [6, 6.07) is -0.988. The number of carbonyl (C=O) groups excluding carboxylic acids is 1. The highest BCUT2D eigenvalue weighted by Gasteiger charge is 2.53. The summed E-state index contributed by atoms with van der Waals surface area (Å²) in [5.74, 6) is -0.281. The number of amides is 1. The Bertz CT molecular complexity index is 1830. The average Bonchev–Trinajstić information content (AvgIpc) is 0.902. The van der Waals surface area contributed by atoms with E-state index in [1.54, 1.807) is 6.08 Å². The molecule has 93 heavy (non-hydrogen) atoms. The molecule has 0 aliphatic carbocycles. The van der Waals surface area contributed by atoms with Gasteiger partial charge in [-0.15, -0.1) is 0 Å². The molecule has 0 radical (unpaired) electrons. The Morgan fingerprint density at radius 3 is 1.08 bits per heavy atom. The first kappa shape index (κ1) is 85.2. The highest BCUT2D eigenvalue weighted by atomic mass is 16.8. The second-order valence-electron chi connectivity index (χ2n) is 27.1. The number of ether oxygens (including phenoxy) is 6. The third-order valence-corrected chi connectivity index (χ3v) is 18.9. The largest absolute Gasteiger partial charge is 0.394 e. The van der Waals surface area contributed by atoms with Crippen LogP contribution in [0.3, 0.4) is 0 Å². The van der Waals surface area contributed by atoms with Crippen LogP contribution in [0.15, 0.2) is 36.5 Å². The number of rotatable bonds is 59. The first-order chi connectivity index (χ1) is 45.3. The lowest BCUT2D eigenvalue weighted by molar-refractivity contribution is -0.379. The molecule has 19 nitrogen and oxygen atoms in total. The molecule has 3 aliphatic rings. The van der Waals surface area contributed by atoms with Crippen molar-refractivity contribution in [3.8, 4) is 0 Å². The fraction of sp³-hybridized carbons (Fsp3) is 0.905. The van der Waals surface area contributed by atoms with Crippen LogP contribution in [0.25, 0.3) is 0 Å². The second kappa shape index (κ2) is 55.8. The lowest BCUT2D eigenvalue weighted by atomic mass is 9.96. The van der Waals surface area contributed by atoms with Crippen LogP contribution in [0.5, 0.6) is 0 Å². The van der Waals surface area contributed by atoms with E-state index in [0.717, 1.165) is 38.5 Å². The molecule has 0 saturated carbocycles. The number of aliphatic hydroxyl groups is 11. The molecule has 0 spiro atoms. The van der Waals surface area contributed by atoms with Gasteiger partial charge in [-0.3, -0.25) is 4.79 Å². The van der Waals surface area contributed by atoms with Crippen LogP contribution >= 0.6 is 0 Å². The standard InChI is InChI=1S/C74H137NO18/c1-3-5-7-9-11-13-15-17-19-20-21-22-23-24-25-26-27-28-29-30-31-32-33-34-35-36-38-40-42-44-46-48-50-52-62(80)75-57(58(79)51-49-47-45-43-41-39-37-18-16-14-12-10-8-6-4-2)56-88-72-68(86)65(83)70(60(54-77)90-72)93-74-69(87)66(84)71(61(55-78)91-74)92-73-67(85)64(82)63(81)59(53-76)89-73/h20-21,41,43,49,51,57-61,63-74,76-79,81-87H,3-19,22-40,42,44-48,50,52-56H2,1-2H3,(H,75,80)/b21-20-,43-41+,51-49+.